The maximum atomic E-state index is 12.8. The Morgan fingerprint density at radius 2 is 1.23 bits per heavy atom. The molecule has 9 nitrogen and oxygen atoms in total. The van der Waals surface area contributed by atoms with Gasteiger partial charge in [-0.1, -0.05) is 59.6 Å². The highest BCUT2D eigenvalue weighted by molar-refractivity contribution is 6.39. The molecule has 4 aromatic rings. The number of hydrogen-bond acceptors (Lipinski definition) is 8. The molecule has 44 heavy (non-hydrogen) atoms. The highest BCUT2D eigenvalue weighted by Gasteiger charge is 2.21. The molecule has 0 radical (unpaired) electrons. The predicted molar refractivity (Wildman–Crippen MR) is 175 cm³/mol. The van der Waals surface area contributed by atoms with Crippen molar-refractivity contribution in [1.82, 2.24) is 15.3 Å². The van der Waals surface area contributed by atoms with Gasteiger partial charge in [0.25, 0.3) is 5.91 Å². The summed E-state index contributed by atoms with van der Waals surface area (Å²) in [5, 5.41) is 3.60. The van der Waals surface area contributed by atoms with Crippen LogP contribution < -0.4 is 26.3 Å². The number of halogens is 2. The number of carbonyl (C=O) groups is 2. The number of pyridine rings is 2. The zero-order valence-corrected chi connectivity index (χ0v) is 26.5. The Hall–Kier alpha value is -4.02. The van der Waals surface area contributed by atoms with E-state index in [1.807, 2.05) is 43.3 Å². The van der Waals surface area contributed by atoms with Crippen LogP contribution >= 0.6 is 23.2 Å². The highest BCUT2D eigenvalue weighted by atomic mass is 35.5. The van der Waals surface area contributed by atoms with E-state index in [0.717, 1.165) is 0 Å². The van der Waals surface area contributed by atoms with Crippen molar-refractivity contribution in [3.05, 3.63) is 81.8 Å². The Morgan fingerprint density at radius 3 is 1.70 bits per heavy atom. The number of aromatic nitrogens is 2. The van der Waals surface area contributed by atoms with Gasteiger partial charge in [-0.15, -0.1) is 0 Å². The summed E-state index contributed by atoms with van der Waals surface area (Å²) in [6, 6.07) is 17.6. The van der Waals surface area contributed by atoms with Gasteiger partial charge in [0.1, 0.15) is 5.56 Å². The fourth-order valence-electron chi connectivity index (χ4n) is 4.60. The van der Waals surface area contributed by atoms with Gasteiger partial charge in [-0.05, 0) is 44.5 Å². The molecular weight excluding hydrogens is 601 g/mol. The van der Waals surface area contributed by atoms with Crippen LogP contribution in [0.3, 0.4) is 0 Å². The molecule has 0 aliphatic heterocycles. The minimum absolute atomic E-state index is 0.0850. The SMILES string of the molecule is COc1nc(-c2cccc(-c3cccc(-c4ccc(C(=O)NC[C@@H](C)N)c(OC)n4)c3Cl)c2Cl)ccc1C(=O)CC[C@@H](C)N. The Morgan fingerprint density at radius 1 is 0.750 bits per heavy atom. The summed E-state index contributed by atoms with van der Waals surface area (Å²) < 4.78 is 10.9. The fraction of sp³-hybridized carbons (Fsp3) is 0.273. The predicted octanol–water partition coefficient (Wildman–Crippen LogP) is 6.19. The summed E-state index contributed by atoms with van der Waals surface area (Å²) in [6.07, 6.45) is 0.859. The van der Waals surface area contributed by atoms with E-state index >= 15 is 0 Å². The van der Waals surface area contributed by atoms with E-state index in [9.17, 15) is 9.59 Å². The molecule has 0 spiro atoms. The summed E-state index contributed by atoms with van der Waals surface area (Å²) in [6.45, 7) is 3.97. The number of nitrogens with zero attached hydrogens (tertiary/aromatic N) is 2. The van der Waals surface area contributed by atoms with E-state index in [4.69, 9.17) is 44.1 Å². The first-order chi connectivity index (χ1) is 21.0. The lowest BCUT2D eigenvalue weighted by Crippen LogP contribution is -2.35. The maximum absolute atomic E-state index is 12.8. The van der Waals surface area contributed by atoms with E-state index in [1.54, 1.807) is 31.2 Å². The second kappa shape index (κ2) is 14.6. The van der Waals surface area contributed by atoms with Crippen LogP contribution in [-0.4, -0.2) is 54.5 Å². The standard InChI is InChI=1S/C33H35Cl2N5O4/c1-18(36)11-16-28(41)24-12-14-26(39-32(24)43-3)22-9-5-7-20(29(22)34)21-8-6-10-23(30(21)35)27-15-13-25(33(40-27)44-4)31(42)38-17-19(2)37/h5-10,12-15,18-19H,11,16-17,36-37H2,1-4H3,(H,38,42)/t18-,19-/m1/s1. The van der Waals surface area contributed by atoms with E-state index in [0.29, 0.717) is 68.6 Å². The van der Waals surface area contributed by atoms with Gasteiger partial charge in [-0.2, -0.15) is 0 Å². The number of amides is 1. The van der Waals surface area contributed by atoms with Crippen molar-refractivity contribution >= 4 is 34.9 Å². The third kappa shape index (κ3) is 7.36. The normalized spacial score (nSPS) is 12.4. The number of ketones is 1. The minimum Gasteiger partial charge on any atom is -0.480 e. The van der Waals surface area contributed by atoms with Gasteiger partial charge in [0, 0.05) is 47.3 Å². The Bertz CT molecular complexity index is 1550. The molecule has 2 aromatic heterocycles. The van der Waals surface area contributed by atoms with Gasteiger partial charge < -0.3 is 26.3 Å². The molecule has 2 heterocycles. The zero-order chi connectivity index (χ0) is 32.0. The molecule has 0 fully saturated rings. The van der Waals surface area contributed by atoms with Crippen LogP contribution in [-0.2, 0) is 0 Å². The lowest BCUT2D eigenvalue weighted by molar-refractivity contribution is 0.0945. The summed E-state index contributed by atoms with van der Waals surface area (Å²) >= 11 is 13.9. The third-order valence-electron chi connectivity index (χ3n) is 6.90. The van der Waals surface area contributed by atoms with Crippen molar-refractivity contribution in [3.8, 4) is 45.4 Å². The number of nitrogens with two attached hydrogens (primary N) is 2. The first kappa shape index (κ1) is 32.9. The van der Waals surface area contributed by atoms with Crippen molar-refractivity contribution in [2.75, 3.05) is 20.8 Å². The summed E-state index contributed by atoms with van der Waals surface area (Å²) in [5.41, 5.74) is 15.9. The molecule has 1 amide bonds. The Balaban J connectivity index is 1.70. The lowest BCUT2D eigenvalue weighted by atomic mass is 9.97. The first-order valence-corrected chi connectivity index (χ1v) is 14.8. The summed E-state index contributed by atoms with van der Waals surface area (Å²) in [4.78, 5) is 34.6. The molecular formula is C33H35Cl2N5O4. The van der Waals surface area contributed by atoms with E-state index in [-0.39, 0.29) is 41.1 Å². The maximum Gasteiger partial charge on any atom is 0.256 e. The average Bonchev–Trinajstić information content (AvgIpc) is 3.02. The molecule has 0 unspecified atom stereocenters. The topological polar surface area (TPSA) is 142 Å². The number of carbonyl (C=O) groups excluding carboxylic acids is 2. The molecule has 0 bridgehead atoms. The molecule has 0 aliphatic carbocycles. The third-order valence-corrected chi connectivity index (χ3v) is 7.72. The average molecular weight is 637 g/mol. The molecule has 230 valence electrons. The van der Waals surface area contributed by atoms with Gasteiger partial charge in [-0.25, -0.2) is 9.97 Å². The monoisotopic (exact) mass is 635 g/mol. The fourth-order valence-corrected chi connectivity index (χ4v) is 5.24. The second-order valence-corrected chi connectivity index (χ2v) is 11.2. The number of hydrogen-bond donors (Lipinski definition) is 3. The molecule has 2 aromatic carbocycles. The van der Waals surface area contributed by atoms with Crippen molar-refractivity contribution in [1.29, 1.82) is 0 Å². The van der Waals surface area contributed by atoms with Crippen molar-refractivity contribution in [3.63, 3.8) is 0 Å². The van der Waals surface area contributed by atoms with Gasteiger partial charge >= 0.3 is 0 Å². The van der Waals surface area contributed by atoms with Crippen LogP contribution in [0.25, 0.3) is 33.6 Å². The molecule has 0 aliphatic rings. The van der Waals surface area contributed by atoms with Crippen LogP contribution in [0.4, 0.5) is 0 Å². The number of Topliss-reactive ketones (excluding diaryl/α,β-unsaturated/α-hetero) is 1. The highest BCUT2D eigenvalue weighted by Crippen LogP contribution is 2.42. The quantitative estimate of drug-likeness (QED) is 0.156. The van der Waals surface area contributed by atoms with Crippen LogP contribution in [0.5, 0.6) is 11.8 Å². The first-order valence-electron chi connectivity index (χ1n) is 14.1. The second-order valence-electron chi connectivity index (χ2n) is 10.5. The molecule has 4 rings (SSSR count). The minimum atomic E-state index is -0.338. The molecule has 5 N–H and O–H groups in total. The van der Waals surface area contributed by atoms with Gasteiger partial charge in [0.05, 0.1) is 41.2 Å². The lowest BCUT2D eigenvalue weighted by Gasteiger charge is -2.15. The van der Waals surface area contributed by atoms with Crippen LogP contribution in [0.2, 0.25) is 10.0 Å². The van der Waals surface area contributed by atoms with Gasteiger partial charge in [-0.3, -0.25) is 9.59 Å². The van der Waals surface area contributed by atoms with Crippen LogP contribution in [0.15, 0.2) is 60.7 Å². The van der Waals surface area contributed by atoms with E-state index < -0.39 is 0 Å². The zero-order valence-electron chi connectivity index (χ0n) is 25.0. The number of methoxy groups -OCH3 is 2. The molecule has 0 saturated heterocycles. The molecule has 0 saturated carbocycles. The van der Waals surface area contributed by atoms with Crippen molar-refractivity contribution in [2.45, 2.75) is 38.8 Å². The molecule has 2 atom stereocenters. The smallest absolute Gasteiger partial charge is 0.256 e. The van der Waals surface area contributed by atoms with Crippen LogP contribution in [0, 0.1) is 0 Å². The number of benzene rings is 2. The summed E-state index contributed by atoms with van der Waals surface area (Å²) in [5.74, 6) is -0.0563. The largest absolute Gasteiger partial charge is 0.480 e. The van der Waals surface area contributed by atoms with Gasteiger partial charge in [0.2, 0.25) is 11.8 Å². The Kier molecular flexibility index (Phi) is 10.9. The van der Waals surface area contributed by atoms with Gasteiger partial charge in [0.15, 0.2) is 5.78 Å². The number of ether oxygens (including phenoxy) is 2. The van der Waals surface area contributed by atoms with Crippen LogP contribution in [0.1, 0.15) is 47.4 Å². The number of nitrogens with one attached hydrogen (secondary N) is 1. The Labute approximate surface area is 266 Å². The van der Waals surface area contributed by atoms with Crippen molar-refractivity contribution in [2.24, 2.45) is 11.5 Å². The van der Waals surface area contributed by atoms with Crippen molar-refractivity contribution < 1.29 is 19.1 Å². The summed E-state index contributed by atoms with van der Waals surface area (Å²) in [7, 11) is 2.92. The number of rotatable bonds is 12. The van der Waals surface area contributed by atoms with E-state index in [2.05, 4.69) is 15.3 Å². The van der Waals surface area contributed by atoms with E-state index in [1.165, 1.54) is 14.2 Å². The molecule has 11 heteroatoms.